The van der Waals surface area contributed by atoms with Gasteiger partial charge in [0.05, 0.1) is 12.0 Å². The highest BCUT2D eigenvalue weighted by atomic mass is 16.6. The zero-order chi connectivity index (χ0) is 15.7. The average molecular weight is 291 g/mol. The Hall–Kier alpha value is -2.90. The van der Waals surface area contributed by atoms with Gasteiger partial charge in [-0.1, -0.05) is 0 Å². The fourth-order valence-electron chi connectivity index (χ4n) is 1.86. The van der Waals surface area contributed by atoms with Gasteiger partial charge >= 0.3 is 5.69 Å². The molecule has 0 fully saturated rings. The Morgan fingerprint density at radius 2 is 2.14 bits per heavy atom. The van der Waals surface area contributed by atoms with Crippen LogP contribution in [-0.4, -0.2) is 40.8 Å². The number of aliphatic imine (C=N–C) groups is 1. The summed E-state index contributed by atoms with van der Waals surface area (Å²) in [5, 5.41) is 20.6. The van der Waals surface area contributed by atoms with Gasteiger partial charge in [0, 0.05) is 13.1 Å². The van der Waals surface area contributed by atoms with Crippen molar-refractivity contribution in [1.29, 1.82) is 0 Å². The summed E-state index contributed by atoms with van der Waals surface area (Å²) < 4.78 is 4.90. The van der Waals surface area contributed by atoms with E-state index in [0.717, 1.165) is 6.07 Å². The summed E-state index contributed by atoms with van der Waals surface area (Å²) >= 11 is 0. The lowest BCUT2D eigenvalue weighted by atomic mass is 10.1. The van der Waals surface area contributed by atoms with Crippen molar-refractivity contribution in [1.82, 2.24) is 4.90 Å². The first-order valence-electron chi connectivity index (χ1n) is 5.95. The number of likely N-dealkylation sites (N-methyl/N-ethyl adjacent to an activating group) is 1. The van der Waals surface area contributed by atoms with Gasteiger partial charge in [0.2, 0.25) is 5.75 Å². The number of amidine groups is 1. The summed E-state index contributed by atoms with van der Waals surface area (Å²) in [6.07, 6.45) is 1.41. The molecule has 2 rings (SSSR count). The first kappa shape index (κ1) is 14.5. The molecule has 1 aliphatic rings. The molecule has 8 nitrogen and oxygen atoms in total. The van der Waals surface area contributed by atoms with E-state index in [0.29, 0.717) is 11.4 Å². The van der Waals surface area contributed by atoms with E-state index in [1.807, 2.05) is 0 Å². The highest BCUT2D eigenvalue weighted by Gasteiger charge is 2.25. The molecule has 1 aliphatic heterocycles. The molecule has 0 radical (unpaired) electrons. The van der Waals surface area contributed by atoms with Crippen LogP contribution in [0.5, 0.6) is 11.5 Å². The van der Waals surface area contributed by atoms with E-state index < -0.39 is 16.4 Å². The van der Waals surface area contributed by atoms with Gasteiger partial charge in [-0.25, -0.2) is 4.99 Å². The minimum absolute atomic E-state index is 0.0458. The van der Waals surface area contributed by atoms with Crippen molar-refractivity contribution in [3.8, 4) is 11.5 Å². The standard InChI is InChI=1S/C13H13N3O5/c1-7-14-9(13(18)15(7)2)4-8-5-10(16(19)20)12(17)11(6-8)21-3/h4-6,17H,1-3H3/b9-4+. The van der Waals surface area contributed by atoms with Gasteiger partial charge in [-0.15, -0.1) is 0 Å². The molecule has 1 aromatic carbocycles. The number of nitro benzene ring substituents is 1. The van der Waals surface area contributed by atoms with Crippen LogP contribution in [0.4, 0.5) is 5.69 Å². The van der Waals surface area contributed by atoms with Crippen molar-refractivity contribution < 1.29 is 19.6 Å². The third-order valence-corrected chi connectivity index (χ3v) is 3.09. The highest BCUT2D eigenvalue weighted by Crippen LogP contribution is 2.37. The van der Waals surface area contributed by atoms with Crippen LogP contribution in [0.3, 0.4) is 0 Å². The molecule has 0 bridgehead atoms. The summed E-state index contributed by atoms with van der Waals surface area (Å²) in [4.78, 5) is 27.5. The number of nitrogens with zero attached hydrogens (tertiary/aromatic N) is 3. The number of phenolic OH excluding ortho intramolecular Hbond substituents is 1. The van der Waals surface area contributed by atoms with E-state index in [4.69, 9.17) is 4.74 Å². The highest BCUT2D eigenvalue weighted by molar-refractivity contribution is 6.13. The largest absolute Gasteiger partial charge is 0.500 e. The zero-order valence-electron chi connectivity index (χ0n) is 11.7. The summed E-state index contributed by atoms with van der Waals surface area (Å²) in [5.41, 5.74) is 0.00397. The number of amides is 1. The van der Waals surface area contributed by atoms with Crippen LogP contribution in [0.25, 0.3) is 6.08 Å². The van der Waals surface area contributed by atoms with Crippen LogP contribution in [0.1, 0.15) is 12.5 Å². The van der Waals surface area contributed by atoms with E-state index in [9.17, 15) is 20.0 Å². The molecule has 8 heteroatoms. The molecular formula is C13H13N3O5. The van der Waals surface area contributed by atoms with Gasteiger partial charge in [-0.3, -0.25) is 19.8 Å². The molecule has 21 heavy (non-hydrogen) atoms. The van der Waals surface area contributed by atoms with E-state index in [-0.39, 0.29) is 17.4 Å². The molecule has 110 valence electrons. The number of carbonyl (C=O) groups excluding carboxylic acids is 1. The molecule has 1 aromatic rings. The van der Waals surface area contributed by atoms with Crippen molar-refractivity contribution in [2.45, 2.75) is 6.92 Å². The molecule has 0 saturated heterocycles. The van der Waals surface area contributed by atoms with E-state index in [2.05, 4.69) is 4.99 Å². The maximum absolute atomic E-state index is 11.9. The molecule has 0 saturated carbocycles. The smallest absolute Gasteiger partial charge is 0.315 e. The van der Waals surface area contributed by atoms with E-state index in [1.165, 1.54) is 24.2 Å². The Labute approximate surface area is 120 Å². The second-order valence-corrected chi connectivity index (χ2v) is 4.40. The molecule has 1 amide bonds. The molecule has 0 aliphatic carbocycles. The van der Waals surface area contributed by atoms with Crippen molar-refractivity contribution in [3.05, 3.63) is 33.5 Å². The molecule has 1 N–H and O–H groups in total. The van der Waals surface area contributed by atoms with Crippen LogP contribution in [0.15, 0.2) is 22.8 Å². The van der Waals surface area contributed by atoms with Crippen LogP contribution in [0.2, 0.25) is 0 Å². The topological polar surface area (TPSA) is 105 Å². The summed E-state index contributed by atoms with van der Waals surface area (Å²) in [7, 11) is 2.87. The average Bonchev–Trinajstić information content (AvgIpc) is 2.67. The summed E-state index contributed by atoms with van der Waals surface area (Å²) in [6, 6.07) is 2.55. The number of methoxy groups -OCH3 is 1. The normalized spacial score (nSPS) is 16.3. The minimum atomic E-state index is -0.725. The Balaban J connectivity index is 2.53. The zero-order valence-corrected chi connectivity index (χ0v) is 11.7. The fourth-order valence-corrected chi connectivity index (χ4v) is 1.86. The van der Waals surface area contributed by atoms with Gasteiger partial charge < -0.3 is 9.84 Å². The first-order chi connectivity index (χ1) is 9.85. The lowest BCUT2D eigenvalue weighted by Crippen LogP contribution is -2.25. The first-order valence-corrected chi connectivity index (χ1v) is 5.95. The lowest BCUT2D eigenvalue weighted by Gasteiger charge is -2.07. The van der Waals surface area contributed by atoms with Gasteiger partial charge in [0.15, 0.2) is 5.75 Å². The number of phenols is 1. The predicted octanol–water partition coefficient (Wildman–Crippen LogP) is 1.54. The Morgan fingerprint density at radius 1 is 1.48 bits per heavy atom. The summed E-state index contributed by atoms with van der Waals surface area (Å²) in [5.74, 6) is -0.372. The summed E-state index contributed by atoms with van der Waals surface area (Å²) in [6.45, 7) is 1.68. The number of aromatic hydroxyl groups is 1. The van der Waals surface area contributed by atoms with E-state index in [1.54, 1.807) is 14.0 Å². The van der Waals surface area contributed by atoms with Crippen molar-refractivity contribution in [2.75, 3.05) is 14.2 Å². The van der Waals surface area contributed by atoms with Crippen LogP contribution in [0, 0.1) is 10.1 Å². The Bertz CT molecular complexity index is 693. The molecule has 0 atom stereocenters. The number of hydrogen-bond donors (Lipinski definition) is 1. The third-order valence-electron chi connectivity index (χ3n) is 3.09. The SMILES string of the molecule is COc1cc(/C=C2/N=C(C)N(C)C2=O)cc([N+](=O)[O-])c1O. The molecule has 0 aromatic heterocycles. The Kier molecular flexibility index (Phi) is 3.62. The maximum Gasteiger partial charge on any atom is 0.315 e. The number of carbonyl (C=O) groups is 1. The number of hydrogen-bond acceptors (Lipinski definition) is 6. The quantitative estimate of drug-likeness (QED) is 0.516. The van der Waals surface area contributed by atoms with Crippen LogP contribution < -0.4 is 4.74 Å². The molecule has 1 heterocycles. The van der Waals surface area contributed by atoms with Crippen LogP contribution in [-0.2, 0) is 4.79 Å². The van der Waals surface area contributed by atoms with Crippen LogP contribution >= 0.6 is 0 Å². The molecular weight excluding hydrogens is 278 g/mol. The minimum Gasteiger partial charge on any atom is -0.500 e. The van der Waals surface area contributed by atoms with Gasteiger partial charge in [-0.05, 0) is 24.6 Å². The molecule has 0 spiro atoms. The van der Waals surface area contributed by atoms with Gasteiger partial charge in [0.1, 0.15) is 11.5 Å². The maximum atomic E-state index is 11.9. The predicted molar refractivity (Wildman–Crippen MR) is 75.2 cm³/mol. The monoisotopic (exact) mass is 291 g/mol. The van der Waals surface area contributed by atoms with Crippen molar-refractivity contribution in [2.24, 2.45) is 4.99 Å². The third kappa shape index (κ3) is 2.55. The number of rotatable bonds is 3. The van der Waals surface area contributed by atoms with Crippen molar-refractivity contribution >= 4 is 23.5 Å². The lowest BCUT2D eigenvalue weighted by molar-refractivity contribution is -0.386. The molecule has 0 unspecified atom stereocenters. The second-order valence-electron chi connectivity index (χ2n) is 4.40. The van der Waals surface area contributed by atoms with Gasteiger partial charge in [-0.2, -0.15) is 0 Å². The number of nitro groups is 1. The number of benzene rings is 1. The van der Waals surface area contributed by atoms with Gasteiger partial charge in [0.25, 0.3) is 5.91 Å². The number of ether oxygens (including phenoxy) is 1. The fraction of sp³-hybridized carbons (Fsp3) is 0.231. The Morgan fingerprint density at radius 3 is 2.62 bits per heavy atom. The van der Waals surface area contributed by atoms with E-state index >= 15 is 0 Å². The second kappa shape index (κ2) is 5.23. The van der Waals surface area contributed by atoms with Crippen molar-refractivity contribution in [3.63, 3.8) is 0 Å².